The van der Waals surface area contributed by atoms with Gasteiger partial charge in [-0.2, -0.15) is 0 Å². The molecule has 0 saturated heterocycles. The van der Waals surface area contributed by atoms with Crippen molar-refractivity contribution in [3.63, 3.8) is 0 Å². The Hall–Kier alpha value is -2.41. The van der Waals surface area contributed by atoms with Gasteiger partial charge in [-0.15, -0.1) is 0 Å². The van der Waals surface area contributed by atoms with Gasteiger partial charge < -0.3 is 21.3 Å². The Morgan fingerprint density at radius 1 is 1.16 bits per heavy atom. The molecule has 0 spiro atoms. The Morgan fingerprint density at radius 2 is 1.63 bits per heavy atom. The molecule has 7 nitrogen and oxygen atoms in total. The highest BCUT2D eigenvalue weighted by atomic mass is 16.4. The highest BCUT2D eigenvalue weighted by Gasteiger charge is 2.15. The first-order chi connectivity index (χ1) is 8.85. The van der Waals surface area contributed by atoms with Gasteiger partial charge in [0.15, 0.2) is 0 Å². The van der Waals surface area contributed by atoms with E-state index in [2.05, 4.69) is 5.32 Å². The molecular formula is C12H14N2O5. The largest absolute Gasteiger partial charge is 0.478 e. The average Bonchev–Trinajstić information content (AvgIpc) is 2.37. The lowest BCUT2D eigenvalue weighted by Gasteiger charge is -2.11. The molecule has 0 aliphatic carbocycles. The molecule has 0 aliphatic rings. The molecule has 0 aromatic heterocycles. The van der Waals surface area contributed by atoms with Gasteiger partial charge in [-0.25, -0.2) is 9.59 Å². The molecule has 1 rings (SSSR count). The van der Waals surface area contributed by atoms with Gasteiger partial charge in [-0.05, 0) is 24.6 Å². The van der Waals surface area contributed by atoms with Crippen LogP contribution in [0.1, 0.15) is 34.1 Å². The maximum Gasteiger partial charge on any atom is 0.335 e. The zero-order valence-corrected chi connectivity index (χ0v) is 10.2. The fraction of sp³-hybridized carbons (Fsp3) is 0.250. The molecule has 0 saturated carbocycles. The summed E-state index contributed by atoms with van der Waals surface area (Å²) in [6, 6.07) is 2.63. The van der Waals surface area contributed by atoms with Crippen molar-refractivity contribution in [2.24, 2.45) is 5.73 Å². The molecule has 1 aromatic carbocycles. The lowest BCUT2D eigenvalue weighted by atomic mass is 10.1. The number of nitrogens with one attached hydrogen (secondary N) is 1. The van der Waals surface area contributed by atoms with Crippen molar-refractivity contribution in [1.82, 2.24) is 0 Å². The summed E-state index contributed by atoms with van der Waals surface area (Å²) in [6.07, 6.45) is 0.413. The van der Waals surface area contributed by atoms with Crippen LogP contribution >= 0.6 is 0 Å². The molecule has 5 N–H and O–H groups in total. The first-order valence-electron chi connectivity index (χ1n) is 5.53. The fourth-order valence-corrected chi connectivity index (χ4v) is 1.37. The molecular weight excluding hydrogens is 252 g/mol. The third-order valence-electron chi connectivity index (χ3n) is 2.47. The second kappa shape index (κ2) is 5.96. The molecule has 1 unspecified atom stereocenters. The van der Waals surface area contributed by atoms with Gasteiger partial charge in [0, 0.05) is 5.69 Å². The van der Waals surface area contributed by atoms with Crippen LogP contribution in [0, 0.1) is 0 Å². The summed E-state index contributed by atoms with van der Waals surface area (Å²) in [5, 5.41) is 20.1. The number of aromatic carboxylic acids is 2. The van der Waals surface area contributed by atoms with E-state index in [1.807, 2.05) is 0 Å². The van der Waals surface area contributed by atoms with E-state index in [1.54, 1.807) is 6.92 Å². The summed E-state index contributed by atoms with van der Waals surface area (Å²) in [4.78, 5) is 33.3. The van der Waals surface area contributed by atoms with Crippen LogP contribution in [0.5, 0.6) is 0 Å². The van der Waals surface area contributed by atoms with E-state index in [4.69, 9.17) is 15.9 Å². The van der Waals surface area contributed by atoms with Crippen molar-refractivity contribution >= 4 is 23.5 Å². The summed E-state index contributed by atoms with van der Waals surface area (Å²) in [5.41, 5.74) is 5.16. The number of amides is 1. The molecule has 7 heteroatoms. The van der Waals surface area contributed by atoms with Crippen molar-refractivity contribution in [3.05, 3.63) is 29.3 Å². The number of carbonyl (C=O) groups excluding carboxylic acids is 1. The number of carbonyl (C=O) groups is 3. The minimum atomic E-state index is -1.28. The predicted molar refractivity (Wildman–Crippen MR) is 67.3 cm³/mol. The van der Waals surface area contributed by atoms with Gasteiger partial charge >= 0.3 is 11.9 Å². The van der Waals surface area contributed by atoms with E-state index in [0.717, 1.165) is 6.07 Å². The van der Waals surface area contributed by atoms with Crippen LogP contribution in [0.3, 0.4) is 0 Å². The number of hydrogen-bond donors (Lipinski definition) is 4. The molecule has 0 fully saturated rings. The van der Waals surface area contributed by atoms with Crippen molar-refractivity contribution in [3.8, 4) is 0 Å². The minimum absolute atomic E-state index is 0.0891. The summed E-state index contributed by atoms with van der Waals surface area (Å²) in [6.45, 7) is 1.72. The molecule has 1 atom stereocenters. The van der Waals surface area contributed by atoms with Gasteiger partial charge in [-0.3, -0.25) is 4.79 Å². The maximum absolute atomic E-state index is 11.6. The SMILES string of the molecule is CCC(N)C(=O)Nc1cc(C(=O)O)cc(C(=O)O)c1. The van der Waals surface area contributed by atoms with E-state index in [0.29, 0.717) is 6.42 Å². The smallest absolute Gasteiger partial charge is 0.335 e. The van der Waals surface area contributed by atoms with Gasteiger partial charge in [0.05, 0.1) is 17.2 Å². The quantitative estimate of drug-likeness (QED) is 0.622. The third-order valence-corrected chi connectivity index (χ3v) is 2.47. The molecule has 0 aliphatic heterocycles. The number of carboxylic acids is 2. The number of benzene rings is 1. The topological polar surface area (TPSA) is 130 Å². The van der Waals surface area contributed by atoms with Crippen LogP contribution in [-0.2, 0) is 4.79 Å². The van der Waals surface area contributed by atoms with E-state index in [9.17, 15) is 14.4 Å². The van der Waals surface area contributed by atoms with E-state index >= 15 is 0 Å². The summed E-state index contributed by atoms with van der Waals surface area (Å²) >= 11 is 0. The highest BCUT2D eigenvalue weighted by molar-refractivity contribution is 5.99. The molecule has 0 radical (unpaired) electrons. The maximum atomic E-state index is 11.6. The molecule has 19 heavy (non-hydrogen) atoms. The molecule has 0 bridgehead atoms. The van der Waals surface area contributed by atoms with Crippen LogP contribution in [0.25, 0.3) is 0 Å². The van der Waals surface area contributed by atoms with Crippen molar-refractivity contribution in [1.29, 1.82) is 0 Å². The second-order valence-electron chi connectivity index (χ2n) is 3.91. The molecule has 0 heterocycles. The van der Waals surface area contributed by atoms with Crippen LogP contribution in [0.4, 0.5) is 5.69 Å². The third kappa shape index (κ3) is 3.78. The monoisotopic (exact) mass is 266 g/mol. The van der Waals surface area contributed by atoms with Gasteiger partial charge in [0.25, 0.3) is 0 Å². The van der Waals surface area contributed by atoms with E-state index in [1.165, 1.54) is 12.1 Å². The zero-order chi connectivity index (χ0) is 14.6. The number of hydrogen-bond acceptors (Lipinski definition) is 4. The Morgan fingerprint density at radius 3 is 2.00 bits per heavy atom. The summed E-state index contributed by atoms with van der Waals surface area (Å²) < 4.78 is 0. The van der Waals surface area contributed by atoms with Crippen LogP contribution in [0.15, 0.2) is 18.2 Å². The molecule has 102 valence electrons. The number of carboxylic acid groups (broad SMARTS) is 2. The second-order valence-corrected chi connectivity index (χ2v) is 3.91. The molecule has 1 amide bonds. The lowest BCUT2D eigenvalue weighted by molar-refractivity contribution is -0.117. The standard InChI is InChI=1S/C12H14N2O5/c1-2-9(13)10(15)14-8-4-6(11(16)17)3-7(5-8)12(18)19/h3-5,9H,2,13H2,1H3,(H,14,15)(H,16,17)(H,18,19). The Bertz CT molecular complexity index is 495. The van der Waals surface area contributed by atoms with E-state index in [-0.39, 0.29) is 16.8 Å². The van der Waals surface area contributed by atoms with Gasteiger partial charge in [-0.1, -0.05) is 6.92 Å². The number of nitrogens with two attached hydrogens (primary N) is 1. The van der Waals surface area contributed by atoms with Crippen LogP contribution in [-0.4, -0.2) is 34.1 Å². The Kier molecular flexibility index (Phi) is 4.60. The Balaban J connectivity index is 3.10. The normalized spacial score (nSPS) is 11.7. The first-order valence-corrected chi connectivity index (χ1v) is 5.53. The minimum Gasteiger partial charge on any atom is -0.478 e. The van der Waals surface area contributed by atoms with Gasteiger partial charge in [0.1, 0.15) is 0 Å². The Labute approximate surface area is 109 Å². The van der Waals surface area contributed by atoms with Crippen molar-refractivity contribution in [2.75, 3.05) is 5.32 Å². The van der Waals surface area contributed by atoms with Gasteiger partial charge in [0.2, 0.25) is 5.91 Å². The van der Waals surface area contributed by atoms with Crippen LogP contribution in [0.2, 0.25) is 0 Å². The van der Waals surface area contributed by atoms with Crippen molar-refractivity contribution in [2.45, 2.75) is 19.4 Å². The summed E-state index contributed by atoms with van der Waals surface area (Å²) in [5.74, 6) is -3.06. The predicted octanol–water partition coefficient (Wildman–Crippen LogP) is 0.759. The number of anilines is 1. The molecule has 1 aromatic rings. The lowest BCUT2D eigenvalue weighted by Crippen LogP contribution is -2.34. The number of rotatable bonds is 5. The average molecular weight is 266 g/mol. The van der Waals surface area contributed by atoms with E-state index < -0.39 is 23.9 Å². The fourth-order valence-electron chi connectivity index (χ4n) is 1.37. The summed E-state index contributed by atoms with van der Waals surface area (Å²) in [7, 11) is 0. The highest BCUT2D eigenvalue weighted by Crippen LogP contribution is 2.16. The van der Waals surface area contributed by atoms with Crippen molar-refractivity contribution < 1.29 is 24.6 Å². The zero-order valence-electron chi connectivity index (χ0n) is 10.2. The van der Waals surface area contributed by atoms with Crippen LogP contribution < -0.4 is 11.1 Å². The first kappa shape index (κ1) is 14.7.